The minimum atomic E-state index is -3.35. The van der Waals surface area contributed by atoms with Gasteiger partial charge in [-0.05, 0) is 43.9 Å². The number of sulfonamides is 1. The molecule has 1 heterocycles. The Morgan fingerprint density at radius 3 is 2.80 bits per heavy atom. The summed E-state index contributed by atoms with van der Waals surface area (Å²) in [5, 5.41) is 0. The van der Waals surface area contributed by atoms with Crippen LogP contribution in [0.3, 0.4) is 0 Å². The van der Waals surface area contributed by atoms with Gasteiger partial charge < -0.3 is 5.73 Å². The van der Waals surface area contributed by atoms with Crippen LogP contribution in [-0.2, 0) is 16.4 Å². The number of thiophene rings is 1. The predicted octanol–water partition coefficient (Wildman–Crippen LogP) is 2.45. The zero-order valence-corrected chi connectivity index (χ0v) is 13.8. The molecule has 1 saturated carbocycles. The molecule has 1 fully saturated rings. The molecule has 0 saturated heterocycles. The van der Waals surface area contributed by atoms with Gasteiger partial charge in [-0.25, -0.2) is 8.42 Å². The number of hydrogen-bond donors (Lipinski definition) is 1. The molecular weight excluding hydrogens is 292 g/mol. The van der Waals surface area contributed by atoms with Crippen molar-refractivity contribution in [2.24, 2.45) is 11.7 Å². The maximum absolute atomic E-state index is 12.7. The van der Waals surface area contributed by atoms with Crippen LogP contribution in [0.15, 0.2) is 16.3 Å². The first-order valence-corrected chi connectivity index (χ1v) is 9.47. The average Bonchev–Trinajstić information content (AvgIpc) is 2.87. The number of hydrogen-bond acceptors (Lipinski definition) is 4. The molecule has 0 radical (unpaired) electrons. The quantitative estimate of drug-likeness (QED) is 0.907. The summed E-state index contributed by atoms with van der Waals surface area (Å²) >= 11 is 1.35. The third kappa shape index (κ3) is 3.42. The standard InChI is InChI=1S/C14H24N2O2S2/c1-11-4-3-5-12(10-11)16(2)20(17,18)14-7-6-13(19-14)8-9-15/h6-7,11-12H,3-5,8-10,15H2,1-2H3. The molecule has 6 heteroatoms. The lowest BCUT2D eigenvalue weighted by Gasteiger charge is -2.33. The zero-order valence-electron chi connectivity index (χ0n) is 12.2. The zero-order chi connectivity index (χ0) is 14.8. The fourth-order valence-electron chi connectivity index (χ4n) is 2.84. The lowest BCUT2D eigenvalue weighted by atomic mass is 9.87. The summed E-state index contributed by atoms with van der Waals surface area (Å²) in [6, 6.07) is 3.74. The molecular formula is C14H24N2O2S2. The average molecular weight is 316 g/mol. The van der Waals surface area contributed by atoms with E-state index >= 15 is 0 Å². The van der Waals surface area contributed by atoms with Gasteiger partial charge in [-0.2, -0.15) is 4.31 Å². The van der Waals surface area contributed by atoms with E-state index < -0.39 is 10.0 Å². The highest BCUT2D eigenvalue weighted by Crippen LogP contribution is 2.31. The maximum atomic E-state index is 12.7. The van der Waals surface area contributed by atoms with E-state index in [-0.39, 0.29) is 6.04 Å². The van der Waals surface area contributed by atoms with E-state index in [0.29, 0.717) is 16.7 Å². The predicted molar refractivity (Wildman–Crippen MR) is 83.4 cm³/mol. The molecule has 0 amide bonds. The van der Waals surface area contributed by atoms with E-state index in [2.05, 4.69) is 6.92 Å². The Hall–Kier alpha value is -0.430. The summed E-state index contributed by atoms with van der Waals surface area (Å²) < 4.78 is 27.4. The highest BCUT2D eigenvalue weighted by Gasteiger charge is 2.31. The van der Waals surface area contributed by atoms with Gasteiger partial charge in [0.1, 0.15) is 4.21 Å². The van der Waals surface area contributed by atoms with Crippen molar-refractivity contribution in [3.63, 3.8) is 0 Å². The van der Waals surface area contributed by atoms with Crippen molar-refractivity contribution in [2.75, 3.05) is 13.6 Å². The Labute approximate surface area is 126 Å². The minimum Gasteiger partial charge on any atom is -0.330 e. The molecule has 1 aromatic heterocycles. The lowest BCUT2D eigenvalue weighted by molar-refractivity contribution is 0.239. The summed E-state index contributed by atoms with van der Waals surface area (Å²) in [7, 11) is -1.63. The summed E-state index contributed by atoms with van der Waals surface area (Å²) in [6.45, 7) is 2.76. The molecule has 114 valence electrons. The second-order valence-electron chi connectivity index (χ2n) is 5.71. The first-order chi connectivity index (χ1) is 9.45. The molecule has 2 N–H and O–H groups in total. The normalized spacial score (nSPS) is 24.2. The Bertz CT molecular complexity index is 539. The third-order valence-electron chi connectivity index (χ3n) is 4.08. The molecule has 0 bridgehead atoms. The SMILES string of the molecule is CC1CCCC(N(C)S(=O)(=O)c2ccc(CCN)s2)C1. The first-order valence-electron chi connectivity index (χ1n) is 7.22. The van der Waals surface area contributed by atoms with Crippen molar-refractivity contribution in [3.05, 3.63) is 17.0 Å². The molecule has 1 aliphatic rings. The van der Waals surface area contributed by atoms with E-state index in [0.717, 1.165) is 30.6 Å². The Kier molecular flexibility index (Phi) is 5.23. The summed E-state index contributed by atoms with van der Waals surface area (Å²) in [5.41, 5.74) is 5.52. The number of nitrogens with zero attached hydrogens (tertiary/aromatic N) is 1. The fourth-order valence-corrected chi connectivity index (χ4v) is 5.80. The Balaban J connectivity index is 2.15. The van der Waals surface area contributed by atoms with E-state index in [4.69, 9.17) is 5.73 Å². The van der Waals surface area contributed by atoms with Gasteiger partial charge in [-0.15, -0.1) is 11.3 Å². The van der Waals surface area contributed by atoms with E-state index in [1.807, 2.05) is 6.07 Å². The van der Waals surface area contributed by atoms with Crippen LogP contribution in [0.5, 0.6) is 0 Å². The number of rotatable bonds is 5. The minimum absolute atomic E-state index is 0.142. The highest BCUT2D eigenvalue weighted by molar-refractivity contribution is 7.91. The second kappa shape index (κ2) is 6.56. The van der Waals surface area contributed by atoms with Crippen LogP contribution in [0.1, 0.15) is 37.5 Å². The van der Waals surface area contributed by atoms with Gasteiger partial charge in [-0.1, -0.05) is 19.8 Å². The van der Waals surface area contributed by atoms with Crippen LogP contribution in [0, 0.1) is 5.92 Å². The molecule has 1 aliphatic carbocycles. The van der Waals surface area contributed by atoms with Gasteiger partial charge in [0.15, 0.2) is 0 Å². The van der Waals surface area contributed by atoms with Crippen LogP contribution in [0.4, 0.5) is 0 Å². The van der Waals surface area contributed by atoms with Crippen molar-refractivity contribution in [1.82, 2.24) is 4.31 Å². The molecule has 2 atom stereocenters. The smallest absolute Gasteiger partial charge is 0.252 e. The third-order valence-corrected chi connectivity index (χ3v) is 7.61. The summed E-state index contributed by atoms with van der Waals surface area (Å²) in [4.78, 5) is 1.04. The fraction of sp³-hybridized carbons (Fsp3) is 0.714. The second-order valence-corrected chi connectivity index (χ2v) is 9.10. The summed E-state index contributed by atoms with van der Waals surface area (Å²) in [6.07, 6.45) is 5.01. The van der Waals surface area contributed by atoms with Gasteiger partial charge in [0, 0.05) is 18.0 Å². The lowest BCUT2D eigenvalue weighted by Crippen LogP contribution is -2.39. The molecule has 0 aromatic carbocycles. The number of nitrogens with two attached hydrogens (primary N) is 1. The first kappa shape index (κ1) is 15.9. The van der Waals surface area contributed by atoms with Crippen LogP contribution in [-0.4, -0.2) is 32.4 Å². The van der Waals surface area contributed by atoms with Gasteiger partial charge in [0.25, 0.3) is 10.0 Å². The van der Waals surface area contributed by atoms with Gasteiger partial charge in [0.05, 0.1) is 0 Å². The monoisotopic (exact) mass is 316 g/mol. The molecule has 2 unspecified atom stereocenters. The van der Waals surface area contributed by atoms with E-state index in [1.165, 1.54) is 17.8 Å². The van der Waals surface area contributed by atoms with Gasteiger partial charge >= 0.3 is 0 Å². The highest BCUT2D eigenvalue weighted by atomic mass is 32.2. The topological polar surface area (TPSA) is 63.4 Å². The van der Waals surface area contributed by atoms with Crippen molar-refractivity contribution in [2.45, 2.75) is 49.3 Å². The molecule has 2 rings (SSSR count). The van der Waals surface area contributed by atoms with Crippen LogP contribution in [0.25, 0.3) is 0 Å². The van der Waals surface area contributed by atoms with Gasteiger partial charge in [0.2, 0.25) is 0 Å². The van der Waals surface area contributed by atoms with E-state index in [1.54, 1.807) is 17.4 Å². The molecule has 0 spiro atoms. The molecule has 20 heavy (non-hydrogen) atoms. The molecule has 4 nitrogen and oxygen atoms in total. The van der Waals surface area contributed by atoms with Crippen molar-refractivity contribution < 1.29 is 8.42 Å². The van der Waals surface area contributed by atoms with Crippen molar-refractivity contribution in [1.29, 1.82) is 0 Å². The Morgan fingerprint density at radius 2 is 2.15 bits per heavy atom. The van der Waals surface area contributed by atoms with Crippen molar-refractivity contribution in [3.8, 4) is 0 Å². The largest absolute Gasteiger partial charge is 0.330 e. The van der Waals surface area contributed by atoms with Crippen LogP contribution < -0.4 is 5.73 Å². The van der Waals surface area contributed by atoms with Crippen LogP contribution in [0.2, 0.25) is 0 Å². The molecule has 1 aromatic rings. The Morgan fingerprint density at radius 1 is 1.40 bits per heavy atom. The van der Waals surface area contributed by atoms with E-state index in [9.17, 15) is 8.42 Å². The maximum Gasteiger partial charge on any atom is 0.252 e. The van der Waals surface area contributed by atoms with Crippen molar-refractivity contribution >= 4 is 21.4 Å². The summed E-state index contributed by atoms with van der Waals surface area (Å²) in [5.74, 6) is 0.613. The van der Waals surface area contributed by atoms with Gasteiger partial charge in [-0.3, -0.25) is 0 Å². The van der Waals surface area contributed by atoms with Crippen LogP contribution >= 0.6 is 11.3 Å². The molecule has 0 aliphatic heterocycles.